The average Bonchev–Trinajstić information content (AvgIpc) is 2.60. The number of hydrogen-bond acceptors (Lipinski definition) is 4. The van der Waals surface area contributed by atoms with Gasteiger partial charge in [-0.1, -0.05) is 0 Å². The first-order valence-corrected chi connectivity index (χ1v) is 8.63. The smallest absolute Gasteiger partial charge is 0.222 e. The average molecular weight is 334 g/mol. The van der Waals surface area contributed by atoms with Crippen LogP contribution in [0.5, 0.6) is 11.5 Å². The number of rotatable bonds is 6. The van der Waals surface area contributed by atoms with E-state index >= 15 is 0 Å². The normalized spacial score (nSPS) is 21.4. The molecule has 0 unspecified atom stereocenters. The summed E-state index contributed by atoms with van der Waals surface area (Å²) in [5.41, 5.74) is 1.01. The molecule has 1 aliphatic rings. The summed E-state index contributed by atoms with van der Waals surface area (Å²) in [5, 5.41) is 0. The lowest BCUT2D eigenvalue weighted by atomic mass is 9.97. The van der Waals surface area contributed by atoms with Crippen molar-refractivity contribution in [2.24, 2.45) is 0 Å². The Morgan fingerprint density at radius 3 is 2.71 bits per heavy atom. The molecule has 0 bridgehead atoms. The summed E-state index contributed by atoms with van der Waals surface area (Å²) < 4.78 is 10.7. The zero-order chi connectivity index (χ0) is 17.7. The number of aryl methyl sites for hydroxylation is 1. The highest BCUT2D eigenvalue weighted by molar-refractivity contribution is 5.76. The number of amides is 1. The Bertz CT molecular complexity index is 562. The molecule has 1 aromatic carbocycles. The topological polar surface area (TPSA) is 42.0 Å². The van der Waals surface area contributed by atoms with Crippen LogP contribution in [-0.2, 0) is 11.2 Å². The second-order valence-corrected chi connectivity index (χ2v) is 6.69. The lowest BCUT2D eigenvalue weighted by Crippen LogP contribution is -2.48. The van der Waals surface area contributed by atoms with E-state index in [1.54, 1.807) is 14.2 Å². The minimum Gasteiger partial charge on any atom is -0.497 e. The van der Waals surface area contributed by atoms with Gasteiger partial charge in [-0.3, -0.25) is 4.79 Å². The van der Waals surface area contributed by atoms with Crippen molar-refractivity contribution in [2.75, 3.05) is 34.9 Å². The third-order valence-corrected chi connectivity index (χ3v) is 5.22. The van der Waals surface area contributed by atoms with Crippen molar-refractivity contribution < 1.29 is 14.3 Å². The molecule has 0 spiro atoms. The fourth-order valence-electron chi connectivity index (χ4n) is 3.32. The van der Waals surface area contributed by atoms with Crippen molar-refractivity contribution in [1.82, 2.24) is 9.80 Å². The fraction of sp³-hybridized carbons (Fsp3) is 0.632. The summed E-state index contributed by atoms with van der Waals surface area (Å²) in [6.07, 6.45) is 3.24. The summed E-state index contributed by atoms with van der Waals surface area (Å²) in [6.45, 7) is 3.28. The summed E-state index contributed by atoms with van der Waals surface area (Å²) in [7, 11) is 7.39. The zero-order valence-corrected chi connectivity index (χ0v) is 15.5. The molecule has 0 saturated carbocycles. The van der Waals surface area contributed by atoms with Gasteiger partial charge in [0.2, 0.25) is 5.91 Å². The zero-order valence-electron chi connectivity index (χ0n) is 15.5. The maximum atomic E-state index is 12.6. The Labute approximate surface area is 145 Å². The number of likely N-dealkylation sites (tertiary alicyclic amines) is 1. The molecular formula is C19H30N2O3. The Hall–Kier alpha value is -1.75. The van der Waals surface area contributed by atoms with Crippen molar-refractivity contribution >= 4 is 5.91 Å². The number of piperidine rings is 1. The maximum absolute atomic E-state index is 12.6. The third-order valence-electron chi connectivity index (χ3n) is 5.22. The second-order valence-electron chi connectivity index (χ2n) is 6.69. The van der Waals surface area contributed by atoms with E-state index in [9.17, 15) is 4.79 Å². The number of carbonyl (C=O) groups is 1. The Kier molecular flexibility index (Phi) is 6.49. The number of ether oxygens (including phenoxy) is 2. The predicted octanol–water partition coefficient (Wildman–Crippen LogP) is 2.58. The van der Waals surface area contributed by atoms with Crippen LogP contribution in [0.2, 0.25) is 0 Å². The first kappa shape index (κ1) is 18.6. The first-order valence-electron chi connectivity index (χ1n) is 8.63. The first-order chi connectivity index (χ1) is 11.5. The van der Waals surface area contributed by atoms with Crippen LogP contribution in [0.3, 0.4) is 0 Å². The van der Waals surface area contributed by atoms with Gasteiger partial charge in [0.05, 0.1) is 14.2 Å². The summed E-state index contributed by atoms with van der Waals surface area (Å²) in [5.74, 6) is 1.79. The van der Waals surface area contributed by atoms with Crippen LogP contribution in [0.15, 0.2) is 18.2 Å². The van der Waals surface area contributed by atoms with Gasteiger partial charge in [-0.05, 0) is 57.0 Å². The molecule has 1 aromatic rings. The molecule has 0 N–H and O–H groups in total. The van der Waals surface area contributed by atoms with Gasteiger partial charge in [-0.15, -0.1) is 0 Å². The Balaban J connectivity index is 1.95. The quantitative estimate of drug-likeness (QED) is 0.802. The van der Waals surface area contributed by atoms with E-state index in [0.29, 0.717) is 24.9 Å². The minimum atomic E-state index is 0.196. The minimum absolute atomic E-state index is 0.196. The van der Waals surface area contributed by atoms with Crippen LogP contribution in [-0.4, -0.2) is 62.7 Å². The second kappa shape index (κ2) is 8.38. The largest absolute Gasteiger partial charge is 0.497 e. The van der Waals surface area contributed by atoms with Crippen LogP contribution < -0.4 is 9.47 Å². The monoisotopic (exact) mass is 334 g/mol. The van der Waals surface area contributed by atoms with Crippen LogP contribution in [0.4, 0.5) is 0 Å². The van der Waals surface area contributed by atoms with Gasteiger partial charge in [0.25, 0.3) is 0 Å². The highest BCUT2D eigenvalue weighted by Crippen LogP contribution is 2.26. The Morgan fingerprint density at radius 1 is 1.33 bits per heavy atom. The van der Waals surface area contributed by atoms with Gasteiger partial charge in [0.1, 0.15) is 11.5 Å². The lowest BCUT2D eigenvalue weighted by molar-refractivity contribution is -0.133. The molecule has 2 rings (SSSR count). The number of methoxy groups -OCH3 is 2. The summed E-state index contributed by atoms with van der Waals surface area (Å²) >= 11 is 0. The van der Waals surface area contributed by atoms with Crippen molar-refractivity contribution in [3.63, 3.8) is 0 Å². The molecule has 2 atom stereocenters. The molecule has 0 aliphatic carbocycles. The van der Waals surface area contributed by atoms with Crippen molar-refractivity contribution in [1.29, 1.82) is 0 Å². The molecule has 1 heterocycles. The predicted molar refractivity (Wildman–Crippen MR) is 95.8 cm³/mol. The van der Waals surface area contributed by atoms with Gasteiger partial charge in [-0.2, -0.15) is 0 Å². The van der Waals surface area contributed by atoms with Gasteiger partial charge in [-0.25, -0.2) is 0 Å². The van der Waals surface area contributed by atoms with Gasteiger partial charge in [0, 0.05) is 32.1 Å². The van der Waals surface area contributed by atoms with E-state index < -0.39 is 0 Å². The number of carbonyl (C=O) groups excluding carboxylic acids is 1. The van der Waals surface area contributed by atoms with Crippen LogP contribution in [0, 0.1) is 0 Å². The highest BCUT2D eigenvalue weighted by Gasteiger charge is 2.27. The van der Waals surface area contributed by atoms with Crippen molar-refractivity contribution in [2.45, 2.75) is 44.7 Å². The molecule has 1 amide bonds. The van der Waals surface area contributed by atoms with Gasteiger partial charge >= 0.3 is 0 Å². The molecule has 24 heavy (non-hydrogen) atoms. The lowest BCUT2D eigenvalue weighted by Gasteiger charge is -2.39. The number of benzene rings is 1. The molecule has 1 saturated heterocycles. The molecule has 0 radical (unpaired) electrons. The van der Waals surface area contributed by atoms with E-state index in [1.807, 2.05) is 30.1 Å². The molecule has 134 valence electrons. The highest BCUT2D eigenvalue weighted by atomic mass is 16.5. The van der Waals surface area contributed by atoms with Crippen LogP contribution in [0.25, 0.3) is 0 Å². The number of hydrogen-bond donors (Lipinski definition) is 0. The van der Waals surface area contributed by atoms with Gasteiger partial charge in [0.15, 0.2) is 0 Å². The van der Waals surface area contributed by atoms with Gasteiger partial charge < -0.3 is 19.3 Å². The van der Waals surface area contributed by atoms with E-state index in [4.69, 9.17) is 9.47 Å². The third kappa shape index (κ3) is 4.41. The summed E-state index contributed by atoms with van der Waals surface area (Å²) in [6, 6.07) is 6.58. The SMILES string of the molecule is COc1ccc(OC)c(CCC(=O)N(C)[C@H]2CCN(C)[C@H](C)C2)c1. The van der Waals surface area contributed by atoms with E-state index in [0.717, 1.165) is 36.4 Å². The van der Waals surface area contributed by atoms with Crippen LogP contribution >= 0.6 is 0 Å². The summed E-state index contributed by atoms with van der Waals surface area (Å²) in [4.78, 5) is 16.9. The Morgan fingerprint density at radius 2 is 2.08 bits per heavy atom. The molecule has 0 aromatic heterocycles. The molecule has 1 aliphatic heterocycles. The van der Waals surface area contributed by atoms with Crippen molar-refractivity contribution in [3.8, 4) is 11.5 Å². The van der Waals surface area contributed by atoms with E-state index in [-0.39, 0.29) is 5.91 Å². The molecular weight excluding hydrogens is 304 g/mol. The molecule has 5 heteroatoms. The maximum Gasteiger partial charge on any atom is 0.222 e. The van der Waals surface area contributed by atoms with Crippen LogP contribution in [0.1, 0.15) is 31.7 Å². The standard InChI is InChI=1S/C19H30N2O3/c1-14-12-16(10-11-20(14)2)21(3)19(22)9-6-15-13-17(23-4)7-8-18(15)24-5/h7-8,13-14,16H,6,9-12H2,1-5H3/t14-,16+/m1/s1. The molecule has 1 fully saturated rings. The number of nitrogens with zero attached hydrogens (tertiary/aromatic N) is 2. The van der Waals surface area contributed by atoms with E-state index in [2.05, 4.69) is 18.9 Å². The van der Waals surface area contributed by atoms with E-state index in [1.165, 1.54) is 0 Å². The fourth-order valence-corrected chi connectivity index (χ4v) is 3.32. The molecule has 5 nitrogen and oxygen atoms in total. The van der Waals surface area contributed by atoms with Crippen molar-refractivity contribution in [3.05, 3.63) is 23.8 Å².